The van der Waals surface area contributed by atoms with E-state index in [2.05, 4.69) is 4.98 Å². The first-order valence-corrected chi connectivity index (χ1v) is 7.72. The van der Waals surface area contributed by atoms with Gasteiger partial charge >= 0.3 is 0 Å². The summed E-state index contributed by atoms with van der Waals surface area (Å²) in [6, 6.07) is 8.31. The third-order valence-corrected chi connectivity index (χ3v) is 3.68. The SMILES string of the molecule is COCOc1ccc(Cl)cc1C(=O)c1ncccc1C1OCCO1. The number of ketones is 1. The Morgan fingerprint density at radius 3 is 2.88 bits per heavy atom. The highest BCUT2D eigenvalue weighted by atomic mass is 35.5. The zero-order chi connectivity index (χ0) is 16.9. The van der Waals surface area contributed by atoms with Gasteiger partial charge in [0.1, 0.15) is 11.4 Å². The number of carbonyl (C=O) groups excluding carboxylic acids is 1. The number of hydrogen-bond donors (Lipinski definition) is 0. The predicted molar refractivity (Wildman–Crippen MR) is 86.3 cm³/mol. The molecule has 0 N–H and O–H groups in total. The van der Waals surface area contributed by atoms with Crippen LogP contribution in [0.25, 0.3) is 0 Å². The molecule has 0 atom stereocenters. The number of halogens is 1. The molecule has 0 spiro atoms. The van der Waals surface area contributed by atoms with Crippen molar-refractivity contribution in [1.82, 2.24) is 4.98 Å². The molecule has 0 unspecified atom stereocenters. The summed E-state index contributed by atoms with van der Waals surface area (Å²) in [4.78, 5) is 17.2. The summed E-state index contributed by atoms with van der Waals surface area (Å²) in [7, 11) is 1.50. The molecule has 7 heteroatoms. The molecule has 1 aromatic carbocycles. The Kier molecular flexibility index (Phi) is 5.42. The molecule has 1 aromatic heterocycles. The van der Waals surface area contributed by atoms with Gasteiger partial charge in [-0.15, -0.1) is 0 Å². The van der Waals surface area contributed by atoms with E-state index in [-0.39, 0.29) is 18.3 Å². The molecule has 0 aliphatic carbocycles. The van der Waals surface area contributed by atoms with Crippen molar-refractivity contribution in [2.75, 3.05) is 27.1 Å². The van der Waals surface area contributed by atoms with Crippen LogP contribution in [0.2, 0.25) is 5.02 Å². The van der Waals surface area contributed by atoms with Gasteiger partial charge in [0.25, 0.3) is 0 Å². The first-order valence-electron chi connectivity index (χ1n) is 7.35. The molecule has 1 saturated heterocycles. The van der Waals surface area contributed by atoms with Crippen molar-refractivity contribution in [3.05, 3.63) is 58.4 Å². The van der Waals surface area contributed by atoms with E-state index in [9.17, 15) is 4.79 Å². The normalized spacial score (nSPS) is 14.8. The third kappa shape index (κ3) is 3.57. The maximum absolute atomic E-state index is 13.0. The number of nitrogens with zero attached hydrogens (tertiary/aromatic N) is 1. The molecular weight excluding hydrogens is 334 g/mol. The Morgan fingerprint density at radius 2 is 2.12 bits per heavy atom. The predicted octanol–water partition coefficient (Wildman–Crippen LogP) is 2.99. The summed E-state index contributed by atoms with van der Waals surface area (Å²) in [6.07, 6.45) is 0.950. The number of hydrogen-bond acceptors (Lipinski definition) is 6. The van der Waals surface area contributed by atoms with E-state index < -0.39 is 6.29 Å². The van der Waals surface area contributed by atoms with E-state index in [0.717, 1.165) is 0 Å². The standard InChI is InChI=1S/C17H16ClNO5/c1-21-10-24-14-5-4-11(18)9-13(14)16(20)15-12(3-2-6-19-15)17-22-7-8-23-17/h2-6,9,17H,7-8,10H2,1H3. The molecule has 2 heterocycles. The van der Waals surface area contributed by atoms with Gasteiger partial charge in [0.2, 0.25) is 5.78 Å². The van der Waals surface area contributed by atoms with Crippen molar-refractivity contribution in [3.8, 4) is 5.75 Å². The minimum atomic E-state index is -0.597. The van der Waals surface area contributed by atoms with E-state index in [1.165, 1.54) is 7.11 Å². The van der Waals surface area contributed by atoms with Gasteiger partial charge in [-0.3, -0.25) is 9.78 Å². The van der Waals surface area contributed by atoms with Crippen LogP contribution in [0.3, 0.4) is 0 Å². The molecule has 1 fully saturated rings. The maximum Gasteiger partial charge on any atom is 0.215 e. The summed E-state index contributed by atoms with van der Waals surface area (Å²) in [5.41, 5.74) is 1.13. The topological polar surface area (TPSA) is 66.9 Å². The molecular formula is C17H16ClNO5. The molecule has 0 radical (unpaired) electrons. The lowest BCUT2D eigenvalue weighted by molar-refractivity contribution is -0.0447. The van der Waals surface area contributed by atoms with Crippen LogP contribution in [0, 0.1) is 0 Å². The molecule has 126 valence electrons. The first-order chi connectivity index (χ1) is 11.7. The Labute approximate surface area is 144 Å². The lowest BCUT2D eigenvalue weighted by atomic mass is 10.0. The summed E-state index contributed by atoms with van der Waals surface area (Å²) < 4.78 is 21.3. The van der Waals surface area contributed by atoms with Crippen LogP contribution in [0.4, 0.5) is 0 Å². The minimum Gasteiger partial charge on any atom is -0.467 e. The summed E-state index contributed by atoms with van der Waals surface area (Å²) in [5, 5.41) is 0.425. The van der Waals surface area contributed by atoms with Gasteiger partial charge in [-0.2, -0.15) is 0 Å². The second-order valence-corrected chi connectivity index (χ2v) is 5.47. The number of aromatic nitrogens is 1. The molecule has 0 saturated carbocycles. The van der Waals surface area contributed by atoms with Gasteiger partial charge < -0.3 is 18.9 Å². The number of rotatable bonds is 6. The lowest BCUT2D eigenvalue weighted by Crippen LogP contribution is -2.13. The number of methoxy groups -OCH3 is 1. The molecule has 1 aliphatic heterocycles. The van der Waals surface area contributed by atoms with E-state index in [1.807, 2.05) is 0 Å². The van der Waals surface area contributed by atoms with E-state index in [0.29, 0.717) is 35.1 Å². The van der Waals surface area contributed by atoms with Crippen molar-refractivity contribution in [1.29, 1.82) is 0 Å². The van der Waals surface area contributed by atoms with Gasteiger partial charge in [-0.05, 0) is 24.3 Å². The average Bonchev–Trinajstić information content (AvgIpc) is 3.14. The fourth-order valence-electron chi connectivity index (χ4n) is 2.39. The van der Waals surface area contributed by atoms with Crippen molar-refractivity contribution in [3.63, 3.8) is 0 Å². The fourth-order valence-corrected chi connectivity index (χ4v) is 2.56. The van der Waals surface area contributed by atoms with Crippen molar-refractivity contribution >= 4 is 17.4 Å². The van der Waals surface area contributed by atoms with E-state index in [4.69, 9.17) is 30.5 Å². The van der Waals surface area contributed by atoms with Gasteiger partial charge in [0.05, 0.1) is 18.8 Å². The van der Waals surface area contributed by atoms with Crippen LogP contribution in [0.15, 0.2) is 36.5 Å². The van der Waals surface area contributed by atoms with Gasteiger partial charge in [-0.1, -0.05) is 17.7 Å². The Balaban J connectivity index is 1.99. The number of benzene rings is 1. The Bertz CT molecular complexity index is 731. The molecule has 2 aromatic rings. The molecule has 0 bridgehead atoms. The van der Waals surface area contributed by atoms with E-state index in [1.54, 1.807) is 36.5 Å². The highest BCUT2D eigenvalue weighted by Crippen LogP contribution is 2.30. The van der Waals surface area contributed by atoms with Gasteiger partial charge in [0, 0.05) is 23.9 Å². The first kappa shape index (κ1) is 16.9. The van der Waals surface area contributed by atoms with Gasteiger partial charge in [-0.25, -0.2) is 0 Å². The maximum atomic E-state index is 13.0. The second-order valence-electron chi connectivity index (χ2n) is 5.04. The van der Waals surface area contributed by atoms with Crippen LogP contribution in [0.1, 0.15) is 27.9 Å². The molecule has 1 aliphatic rings. The number of carbonyl (C=O) groups is 1. The minimum absolute atomic E-state index is 0.0197. The zero-order valence-electron chi connectivity index (χ0n) is 13.0. The average molecular weight is 350 g/mol. The molecule has 0 amide bonds. The Morgan fingerprint density at radius 1 is 1.33 bits per heavy atom. The third-order valence-electron chi connectivity index (χ3n) is 3.45. The smallest absolute Gasteiger partial charge is 0.215 e. The summed E-state index contributed by atoms with van der Waals surface area (Å²) in [6.45, 7) is 0.977. The van der Waals surface area contributed by atoms with Gasteiger partial charge in [0.15, 0.2) is 13.1 Å². The van der Waals surface area contributed by atoms with Crippen molar-refractivity contribution in [2.24, 2.45) is 0 Å². The summed E-state index contributed by atoms with van der Waals surface area (Å²) >= 11 is 6.04. The largest absolute Gasteiger partial charge is 0.467 e. The second kappa shape index (κ2) is 7.72. The van der Waals surface area contributed by atoms with Crippen molar-refractivity contribution in [2.45, 2.75) is 6.29 Å². The van der Waals surface area contributed by atoms with E-state index >= 15 is 0 Å². The quantitative estimate of drug-likeness (QED) is 0.590. The Hall–Kier alpha value is -1.99. The molecule has 3 rings (SSSR count). The van der Waals surface area contributed by atoms with Crippen LogP contribution < -0.4 is 4.74 Å². The monoisotopic (exact) mass is 349 g/mol. The molecule has 6 nitrogen and oxygen atoms in total. The summed E-state index contributed by atoms with van der Waals surface area (Å²) in [5.74, 6) is 0.0504. The number of ether oxygens (including phenoxy) is 4. The van der Waals surface area contributed by atoms with Crippen LogP contribution in [-0.4, -0.2) is 37.9 Å². The highest BCUT2D eigenvalue weighted by Gasteiger charge is 2.27. The van der Waals surface area contributed by atoms with Crippen molar-refractivity contribution < 1.29 is 23.7 Å². The highest BCUT2D eigenvalue weighted by molar-refractivity contribution is 6.31. The van der Waals surface area contributed by atoms with Crippen LogP contribution >= 0.6 is 11.6 Å². The van der Waals surface area contributed by atoms with Crippen LogP contribution in [0.5, 0.6) is 5.75 Å². The molecule has 24 heavy (non-hydrogen) atoms. The lowest BCUT2D eigenvalue weighted by Gasteiger charge is -2.15. The number of pyridine rings is 1. The fraction of sp³-hybridized carbons (Fsp3) is 0.294. The zero-order valence-corrected chi connectivity index (χ0v) is 13.8. The van der Waals surface area contributed by atoms with Crippen LogP contribution in [-0.2, 0) is 14.2 Å².